The van der Waals surface area contributed by atoms with Crippen LogP contribution in [0.1, 0.15) is 0 Å². The van der Waals surface area contributed by atoms with Gasteiger partial charge in [0.15, 0.2) is 0 Å². The molecule has 0 radical (unpaired) electrons. The van der Waals surface area contributed by atoms with Crippen LogP contribution in [0.25, 0.3) is 10.8 Å². The maximum absolute atomic E-state index is 11.5. The molecule has 2 rings (SSSR count). The zero-order chi connectivity index (χ0) is 17.6. The molecule has 0 aliphatic carbocycles. The SMILES string of the molecule is NCCN(CCN)CCNc1cccc2c(S(=O)(=O)O)cccc12. The Bertz CT molecular complexity index is 774. The molecule has 0 heterocycles. The first-order chi connectivity index (χ1) is 11.5. The van der Waals surface area contributed by atoms with Gasteiger partial charge < -0.3 is 16.8 Å². The van der Waals surface area contributed by atoms with E-state index in [0.29, 0.717) is 25.0 Å². The fraction of sp³-hybridized carbons (Fsp3) is 0.375. The summed E-state index contributed by atoms with van der Waals surface area (Å²) in [5, 5.41) is 4.55. The normalized spacial score (nSPS) is 12.0. The van der Waals surface area contributed by atoms with Crippen molar-refractivity contribution in [1.29, 1.82) is 0 Å². The fourth-order valence-corrected chi connectivity index (χ4v) is 3.42. The Balaban J connectivity index is 2.18. The molecule has 0 unspecified atom stereocenters. The third kappa shape index (κ3) is 4.65. The third-order valence-corrected chi connectivity index (χ3v) is 4.71. The van der Waals surface area contributed by atoms with Crippen molar-refractivity contribution in [1.82, 2.24) is 4.90 Å². The molecule has 132 valence electrons. The maximum atomic E-state index is 11.5. The summed E-state index contributed by atoms with van der Waals surface area (Å²) in [4.78, 5) is 2.08. The van der Waals surface area contributed by atoms with Crippen LogP contribution in [0, 0.1) is 0 Å². The second kappa shape index (κ2) is 8.41. The number of anilines is 1. The Morgan fingerprint density at radius 2 is 1.58 bits per heavy atom. The van der Waals surface area contributed by atoms with E-state index in [0.717, 1.165) is 30.7 Å². The Hall–Kier alpha value is -1.71. The van der Waals surface area contributed by atoms with Gasteiger partial charge in [0.2, 0.25) is 0 Å². The lowest BCUT2D eigenvalue weighted by Crippen LogP contribution is -2.37. The molecule has 8 heteroatoms. The van der Waals surface area contributed by atoms with Crippen molar-refractivity contribution >= 4 is 26.6 Å². The van der Waals surface area contributed by atoms with E-state index in [4.69, 9.17) is 11.5 Å². The summed E-state index contributed by atoms with van der Waals surface area (Å²) in [5.41, 5.74) is 12.0. The lowest BCUT2D eigenvalue weighted by atomic mass is 10.1. The van der Waals surface area contributed by atoms with E-state index in [-0.39, 0.29) is 4.90 Å². The average molecular weight is 352 g/mol. The second-order valence-electron chi connectivity index (χ2n) is 5.48. The largest absolute Gasteiger partial charge is 0.383 e. The molecule has 0 bridgehead atoms. The van der Waals surface area contributed by atoms with Gasteiger partial charge in [0.05, 0.1) is 0 Å². The van der Waals surface area contributed by atoms with Crippen LogP contribution in [0.15, 0.2) is 41.3 Å². The van der Waals surface area contributed by atoms with Crippen molar-refractivity contribution in [2.45, 2.75) is 4.90 Å². The highest BCUT2D eigenvalue weighted by Crippen LogP contribution is 2.28. The molecule has 0 saturated carbocycles. The zero-order valence-electron chi connectivity index (χ0n) is 13.5. The van der Waals surface area contributed by atoms with Crippen LogP contribution in [-0.2, 0) is 10.1 Å². The van der Waals surface area contributed by atoms with E-state index >= 15 is 0 Å². The van der Waals surface area contributed by atoms with Gasteiger partial charge in [-0.25, -0.2) is 0 Å². The number of nitrogens with zero attached hydrogens (tertiary/aromatic N) is 1. The molecule has 0 saturated heterocycles. The first-order valence-corrected chi connectivity index (χ1v) is 9.27. The number of hydrogen-bond acceptors (Lipinski definition) is 6. The number of fused-ring (bicyclic) bond motifs is 1. The van der Waals surface area contributed by atoms with E-state index in [1.807, 2.05) is 12.1 Å². The van der Waals surface area contributed by atoms with Gasteiger partial charge in [0.25, 0.3) is 10.1 Å². The van der Waals surface area contributed by atoms with E-state index in [9.17, 15) is 13.0 Å². The maximum Gasteiger partial charge on any atom is 0.295 e. The highest BCUT2D eigenvalue weighted by atomic mass is 32.2. The predicted molar refractivity (Wildman–Crippen MR) is 96.8 cm³/mol. The minimum absolute atomic E-state index is 0.0865. The van der Waals surface area contributed by atoms with Crippen molar-refractivity contribution in [3.05, 3.63) is 36.4 Å². The van der Waals surface area contributed by atoms with Gasteiger partial charge in [-0.2, -0.15) is 8.42 Å². The zero-order valence-corrected chi connectivity index (χ0v) is 14.3. The molecule has 0 atom stereocenters. The fourth-order valence-electron chi connectivity index (χ4n) is 2.71. The standard InChI is InChI=1S/C16H24N4O3S/c17-7-10-20(11-8-18)12-9-19-15-5-1-4-14-13(15)3-2-6-16(14)24(21,22)23/h1-6,19H,7-12,17-18H2,(H,21,22,23). The minimum Gasteiger partial charge on any atom is -0.383 e. The average Bonchev–Trinajstić information content (AvgIpc) is 2.54. The van der Waals surface area contributed by atoms with Crippen LogP contribution < -0.4 is 16.8 Å². The smallest absolute Gasteiger partial charge is 0.295 e. The quantitative estimate of drug-likeness (QED) is 0.491. The van der Waals surface area contributed by atoms with Crippen molar-refractivity contribution in [3.63, 3.8) is 0 Å². The van der Waals surface area contributed by atoms with Gasteiger partial charge in [-0.1, -0.05) is 24.3 Å². The Morgan fingerprint density at radius 1 is 0.958 bits per heavy atom. The van der Waals surface area contributed by atoms with Gasteiger partial charge in [-0.3, -0.25) is 9.45 Å². The summed E-state index contributed by atoms with van der Waals surface area (Å²) in [5.74, 6) is 0. The summed E-state index contributed by atoms with van der Waals surface area (Å²) < 4.78 is 32.4. The molecule has 0 aliphatic rings. The van der Waals surface area contributed by atoms with E-state index < -0.39 is 10.1 Å². The first-order valence-electron chi connectivity index (χ1n) is 7.83. The van der Waals surface area contributed by atoms with Crippen molar-refractivity contribution in [2.75, 3.05) is 44.6 Å². The molecular formula is C16H24N4O3S. The summed E-state index contributed by atoms with van der Waals surface area (Å²) in [6, 6.07) is 10.2. The number of hydrogen-bond donors (Lipinski definition) is 4. The summed E-state index contributed by atoms with van der Waals surface area (Å²) in [7, 11) is -4.26. The Kier molecular flexibility index (Phi) is 6.52. The highest BCUT2D eigenvalue weighted by molar-refractivity contribution is 7.86. The molecule has 0 aliphatic heterocycles. The summed E-state index contributed by atoms with van der Waals surface area (Å²) in [6.45, 7) is 4.17. The highest BCUT2D eigenvalue weighted by Gasteiger charge is 2.14. The monoisotopic (exact) mass is 352 g/mol. The number of rotatable bonds is 9. The summed E-state index contributed by atoms with van der Waals surface area (Å²) >= 11 is 0. The topological polar surface area (TPSA) is 122 Å². The van der Waals surface area contributed by atoms with Gasteiger partial charge >= 0.3 is 0 Å². The van der Waals surface area contributed by atoms with Gasteiger partial charge in [-0.15, -0.1) is 0 Å². The van der Waals surface area contributed by atoms with Crippen LogP contribution >= 0.6 is 0 Å². The molecule has 24 heavy (non-hydrogen) atoms. The Morgan fingerprint density at radius 3 is 2.21 bits per heavy atom. The minimum atomic E-state index is -4.26. The van der Waals surface area contributed by atoms with Crippen LogP contribution in [0.4, 0.5) is 5.69 Å². The van der Waals surface area contributed by atoms with Gasteiger partial charge in [-0.05, 0) is 12.1 Å². The molecule has 2 aromatic rings. The lowest BCUT2D eigenvalue weighted by molar-refractivity contribution is 0.300. The molecule has 0 aromatic heterocycles. The van der Waals surface area contributed by atoms with Crippen LogP contribution in [0.2, 0.25) is 0 Å². The Labute approximate surface area is 142 Å². The molecule has 0 amide bonds. The molecule has 7 nitrogen and oxygen atoms in total. The lowest BCUT2D eigenvalue weighted by Gasteiger charge is -2.21. The van der Waals surface area contributed by atoms with Gasteiger partial charge in [0, 0.05) is 55.7 Å². The third-order valence-electron chi connectivity index (χ3n) is 3.79. The summed E-state index contributed by atoms with van der Waals surface area (Å²) in [6.07, 6.45) is 0. The number of benzene rings is 2. The van der Waals surface area contributed by atoms with Crippen LogP contribution in [0.3, 0.4) is 0 Å². The van der Waals surface area contributed by atoms with Crippen LogP contribution in [-0.4, -0.2) is 57.1 Å². The van der Waals surface area contributed by atoms with Crippen molar-refractivity contribution in [2.24, 2.45) is 11.5 Å². The predicted octanol–water partition coefficient (Wildman–Crippen LogP) is 0.718. The molecular weight excluding hydrogens is 328 g/mol. The molecule has 6 N–H and O–H groups in total. The molecule has 2 aromatic carbocycles. The molecule has 0 fully saturated rings. The number of nitrogens with one attached hydrogen (secondary N) is 1. The first kappa shape index (κ1) is 18.6. The van der Waals surface area contributed by atoms with E-state index in [2.05, 4.69) is 10.2 Å². The van der Waals surface area contributed by atoms with Crippen molar-refractivity contribution in [3.8, 4) is 0 Å². The van der Waals surface area contributed by atoms with Crippen LogP contribution in [0.5, 0.6) is 0 Å². The second-order valence-corrected chi connectivity index (χ2v) is 6.87. The van der Waals surface area contributed by atoms with E-state index in [1.165, 1.54) is 6.07 Å². The van der Waals surface area contributed by atoms with Crippen molar-refractivity contribution < 1.29 is 13.0 Å². The molecule has 0 spiro atoms. The number of nitrogens with two attached hydrogens (primary N) is 2. The van der Waals surface area contributed by atoms with Gasteiger partial charge in [0.1, 0.15) is 4.90 Å². The van der Waals surface area contributed by atoms with E-state index in [1.54, 1.807) is 18.2 Å².